The van der Waals surface area contributed by atoms with Crippen LogP contribution < -0.4 is 0 Å². The summed E-state index contributed by atoms with van der Waals surface area (Å²) in [5.41, 5.74) is 2.82. The second-order valence-corrected chi connectivity index (χ2v) is 5.60. The van der Waals surface area contributed by atoms with Crippen molar-refractivity contribution in [2.75, 3.05) is 0 Å². The molecule has 0 aliphatic heterocycles. The summed E-state index contributed by atoms with van der Waals surface area (Å²) in [4.78, 5) is 0. The van der Waals surface area contributed by atoms with E-state index in [9.17, 15) is 8.78 Å². The Morgan fingerprint density at radius 1 is 1.00 bits per heavy atom. The summed E-state index contributed by atoms with van der Waals surface area (Å²) in [6.45, 7) is 2.06. The topological polar surface area (TPSA) is 0 Å². The lowest BCUT2D eigenvalue weighted by atomic mass is 10.00. The van der Waals surface area contributed by atoms with Crippen LogP contribution in [0.15, 0.2) is 42.5 Å². The van der Waals surface area contributed by atoms with Crippen LogP contribution in [0, 0.1) is 18.6 Å². The minimum Gasteiger partial charge on any atom is -0.204 e. The lowest BCUT2D eigenvalue weighted by molar-refractivity contribution is 0.496. The van der Waals surface area contributed by atoms with Gasteiger partial charge in [-0.05, 0) is 48.9 Å². The van der Waals surface area contributed by atoms with E-state index in [1.807, 2.05) is 12.1 Å². The molecule has 0 heterocycles. The highest BCUT2D eigenvalue weighted by atomic mass is 35.5. The van der Waals surface area contributed by atoms with E-state index in [4.69, 9.17) is 11.6 Å². The molecule has 0 radical (unpaired) electrons. The normalized spacial score (nSPS) is 12.4. The molecule has 0 aromatic heterocycles. The average Bonchev–Trinajstić information content (AvgIpc) is 2.43. The molecule has 20 heavy (non-hydrogen) atoms. The third-order valence-corrected chi connectivity index (χ3v) is 3.83. The van der Waals surface area contributed by atoms with Crippen molar-refractivity contribution in [1.29, 1.82) is 0 Å². The van der Waals surface area contributed by atoms with Crippen LogP contribution in [-0.4, -0.2) is 5.38 Å². The summed E-state index contributed by atoms with van der Waals surface area (Å²) in [6.07, 6.45) is 1.93. The quantitative estimate of drug-likeness (QED) is 0.677. The molecule has 1 atom stereocenters. The number of halogens is 3. The fraction of sp³-hybridized carbons (Fsp3) is 0.294. The molecule has 0 saturated carbocycles. The molecule has 1 unspecified atom stereocenters. The SMILES string of the molecule is Cc1ccccc1CCC(Cl)Cc1cccc(F)c1F. The Morgan fingerprint density at radius 2 is 1.70 bits per heavy atom. The Hall–Kier alpha value is -1.41. The monoisotopic (exact) mass is 294 g/mol. The van der Waals surface area contributed by atoms with Gasteiger partial charge in [-0.25, -0.2) is 8.78 Å². The van der Waals surface area contributed by atoms with Gasteiger partial charge >= 0.3 is 0 Å². The van der Waals surface area contributed by atoms with Crippen LogP contribution in [0.1, 0.15) is 23.1 Å². The number of hydrogen-bond donors (Lipinski definition) is 0. The zero-order chi connectivity index (χ0) is 14.5. The van der Waals surface area contributed by atoms with E-state index in [1.54, 1.807) is 6.07 Å². The second-order valence-electron chi connectivity index (χ2n) is 4.98. The number of alkyl halides is 1. The van der Waals surface area contributed by atoms with E-state index < -0.39 is 11.6 Å². The maximum atomic E-state index is 13.6. The lowest BCUT2D eigenvalue weighted by Crippen LogP contribution is -2.08. The van der Waals surface area contributed by atoms with E-state index in [0.29, 0.717) is 12.0 Å². The zero-order valence-corrected chi connectivity index (χ0v) is 12.1. The van der Waals surface area contributed by atoms with Crippen molar-refractivity contribution in [3.63, 3.8) is 0 Å². The molecule has 2 rings (SSSR count). The van der Waals surface area contributed by atoms with E-state index in [0.717, 1.165) is 18.9 Å². The molecule has 2 aromatic carbocycles. The van der Waals surface area contributed by atoms with E-state index in [-0.39, 0.29) is 5.38 Å². The van der Waals surface area contributed by atoms with Crippen LogP contribution in [0.2, 0.25) is 0 Å². The molecule has 3 heteroatoms. The fourth-order valence-electron chi connectivity index (χ4n) is 2.25. The van der Waals surface area contributed by atoms with Gasteiger partial charge in [0.2, 0.25) is 0 Å². The summed E-state index contributed by atoms with van der Waals surface area (Å²) in [5, 5.41) is -0.203. The number of aryl methyl sites for hydroxylation is 2. The molecule has 0 saturated heterocycles. The van der Waals surface area contributed by atoms with Gasteiger partial charge in [-0.3, -0.25) is 0 Å². The predicted molar refractivity (Wildman–Crippen MR) is 79.2 cm³/mol. The molecular weight excluding hydrogens is 278 g/mol. The van der Waals surface area contributed by atoms with Gasteiger partial charge < -0.3 is 0 Å². The Kier molecular flexibility index (Phi) is 5.13. The number of rotatable bonds is 5. The first-order valence-electron chi connectivity index (χ1n) is 6.69. The van der Waals surface area contributed by atoms with Crippen molar-refractivity contribution < 1.29 is 8.78 Å². The van der Waals surface area contributed by atoms with E-state index in [2.05, 4.69) is 19.1 Å². The van der Waals surface area contributed by atoms with Crippen LogP contribution in [0.5, 0.6) is 0 Å². The summed E-state index contributed by atoms with van der Waals surface area (Å²) >= 11 is 6.25. The van der Waals surface area contributed by atoms with Crippen LogP contribution in [0.3, 0.4) is 0 Å². The average molecular weight is 295 g/mol. The van der Waals surface area contributed by atoms with Crippen molar-refractivity contribution in [1.82, 2.24) is 0 Å². The molecule has 106 valence electrons. The lowest BCUT2D eigenvalue weighted by Gasteiger charge is -2.11. The van der Waals surface area contributed by atoms with Crippen molar-refractivity contribution in [3.05, 3.63) is 70.8 Å². The van der Waals surface area contributed by atoms with Gasteiger partial charge in [0.25, 0.3) is 0 Å². The highest BCUT2D eigenvalue weighted by Gasteiger charge is 2.13. The van der Waals surface area contributed by atoms with Crippen LogP contribution >= 0.6 is 11.6 Å². The Labute approximate surface area is 123 Å². The standard InChI is InChI=1S/C17H17ClF2/c1-12-5-2-3-6-13(12)9-10-15(18)11-14-7-4-8-16(19)17(14)20/h2-8,15H,9-11H2,1H3. The van der Waals surface area contributed by atoms with Crippen molar-refractivity contribution in [2.45, 2.75) is 31.6 Å². The molecule has 0 amide bonds. The summed E-state index contributed by atoms with van der Waals surface area (Å²) < 4.78 is 26.7. The minimum absolute atomic E-state index is 0.203. The van der Waals surface area contributed by atoms with Crippen LogP contribution in [0.4, 0.5) is 8.78 Å². The van der Waals surface area contributed by atoms with E-state index in [1.165, 1.54) is 17.2 Å². The number of hydrogen-bond acceptors (Lipinski definition) is 0. The van der Waals surface area contributed by atoms with Gasteiger partial charge in [0.1, 0.15) is 0 Å². The Morgan fingerprint density at radius 3 is 2.45 bits per heavy atom. The summed E-state index contributed by atoms with van der Waals surface area (Å²) in [5.74, 6) is -1.60. The first-order chi connectivity index (χ1) is 9.58. The van der Waals surface area contributed by atoms with Gasteiger partial charge in [-0.15, -0.1) is 11.6 Å². The Bertz CT molecular complexity index is 581. The number of benzene rings is 2. The molecule has 0 aliphatic carbocycles. The smallest absolute Gasteiger partial charge is 0.162 e. The molecule has 0 aliphatic rings. The fourth-order valence-corrected chi connectivity index (χ4v) is 2.52. The first-order valence-corrected chi connectivity index (χ1v) is 7.13. The summed E-state index contributed by atoms with van der Waals surface area (Å²) in [7, 11) is 0. The van der Waals surface area contributed by atoms with Crippen LogP contribution in [-0.2, 0) is 12.8 Å². The second kappa shape index (κ2) is 6.85. The van der Waals surface area contributed by atoms with Crippen molar-refractivity contribution in [2.24, 2.45) is 0 Å². The largest absolute Gasteiger partial charge is 0.204 e. The molecular formula is C17H17ClF2. The third-order valence-electron chi connectivity index (χ3n) is 3.46. The predicted octanol–water partition coefficient (Wildman–Crippen LogP) is 5.06. The van der Waals surface area contributed by atoms with Crippen molar-refractivity contribution in [3.8, 4) is 0 Å². The molecule has 0 nitrogen and oxygen atoms in total. The molecule has 2 aromatic rings. The van der Waals surface area contributed by atoms with Gasteiger partial charge in [0.15, 0.2) is 11.6 Å². The van der Waals surface area contributed by atoms with Gasteiger partial charge in [0, 0.05) is 5.38 Å². The summed E-state index contributed by atoms with van der Waals surface area (Å²) in [6, 6.07) is 12.3. The molecule has 0 fully saturated rings. The minimum atomic E-state index is -0.815. The maximum Gasteiger partial charge on any atom is 0.162 e. The van der Waals surface area contributed by atoms with Gasteiger partial charge in [-0.1, -0.05) is 36.4 Å². The third kappa shape index (κ3) is 3.80. The Balaban J connectivity index is 1.94. The first kappa shape index (κ1) is 15.0. The van der Waals surface area contributed by atoms with Gasteiger partial charge in [-0.2, -0.15) is 0 Å². The molecule has 0 spiro atoms. The van der Waals surface area contributed by atoms with Crippen molar-refractivity contribution >= 4 is 11.6 Å². The molecule has 0 bridgehead atoms. The highest BCUT2D eigenvalue weighted by Crippen LogP contribution is 2.19. The maximum absolute atomic E-state index is 13.6. The zero-order valence-electron chi connectivity index (χ0n) is 11.4. The van der Waals surface area contributed by atoms with Crippen LogP contribution in [0.25, 0.3) is 0 Å². The highest BCUT2D eigenvalue weighted by molar-refractivity contribution is 6.20. The molecule has 0 N–H and O–H groups in total. The van der Waals surface area contributed by atoms with Gasteiger partial charge in [0.05, 0.1) is 0 Å². The van der Waals surface area contributed by atoms with E-state index >= 15 is 0 Å².